The third-order valence-electron chi connectivity index (χ3n) is 2.12. The number of nitriles is 1. The van der Waals surface area contributed by atoms with E-state index in [9.17, 15) is 0 Å². The molecule has 0 atom stereocenters. The van der Waals surface area contributed by atoms with Gasteiger partial charge in [0.25, 0.3) is 0 Å². The van der Waals surface area contributed by atoms with Gasteiger partial charge < -0.3 is 0 Å². The smallest absolute Gasteiger partial charge is 0.162 e. The Morgan fingerprint density at radius 1 is 1.40 bits per heavy atom. The van der Waals surface area contributed by atoms with Gasteiger partial charge in [-0.05, 0) is 30.7 Å². The first-order valence-electron chi connectivity index (χ1n) is 4.43. The molecular formula is C11H8BrN3. The Morgan fingerprint density at radius 3 is 2.80 bits per heavy atom. The van der Waals surface area contributed by atoms with Crippen LogP contribution in [0.5, 0.6) is 0 Å². The molecule has 0 aliphatic rings. The van der Waals surface area contributed by atoms with Gasteiger partial charge in [-0.15, -0.1) is 0 Å². The zero-order valence-electron chi connectivity index (χ0n) is 8.11. The maximum atomic E-state index is 8.66. The molecule has 0 unspecified atom stereocenters. The molecule has 1 aromatic heterocycles. The molecule has 0 spiro atoms. The van der Waals surface area contributed by atoms with Crippen LogP contribution in [0.15, 0.2) is 34.9 Å². The highest BCUT2D eigenvalue weighted by Gasteiger charge is 2.02. The zero-order chi connectivity index (χ0) is 10.8. The summed E-state index contributed by atoms with van der Waals surface area (Å²) in [5.41, 5.74) is 2.53. The number of rotatable bonds is 1. The third-order valence-corrected chi connectivity index (χ3v) is 2.98. The Morgan fingerprint density at radius 2 is 2.20 bits per heavy atom. The minimum atomic E-state index is 0.423. The van der Waals surface area contributed by atoms with Gasteiger partial charge in [0.05, 0.1) is 5.69 Å². The highest BCUT2D eigenvalue weighted by atomic mass is 79.9. The molecule has 0 aliphatic carbocycles. The van der Waals surface area contributed by atoms with Crippen molar-refractivity contribution in [3.8, 4) is 11.8 Å². The minimum absolute atomic E-state index is 0.423. The van der Waals surface area contributed by atoms with Crippen molar-refractivity contribution in [3.05, 3.63) is 46.2 Å². The van der Waals surface area contributed by atoms with Crippen molar-refractivity contribution in [2.24, 2.45) is 0 Å². The van der Waals surface area contributed by atoms with Gasteiger partial charge in [-0.25, -0.2) is 4.68 Å². The number of nitrogens with zero attached hydrogens (tertiary/aromatic N) is 3. The van der Waals surface area contributed by atoms with E-state index in [-0.39, 0.29) is 0 Å². The van der Waals surface area contributed by atoms with Gasteiger partial charge in [0, 0.05) is 10.7 Å². The lowest BCUT2D eigenvalue weighted by Gasteiger charge is -2.03. The first-order valence-corrected chi connectivity index (χ1v) is 5.22. The third kappa shape index (κ3) is 1.92. The lowest BCUT2D eigenvalue weighted by Crippen LogP contribution is -1.95. The fourth-order valence-corrected chi connectivity index (χ4v) is 1.62. The van der Waals surface area contributed by atoms with E-state index in [4.69, 9.17) is 5.26 Å². The molecule has 4 heteroatoms. The van der Waals surface area contributed by atoms with E-state index < -0.39 is 0 Å². The summed E-state index contributed by atoms with van der Waals surface area (Å²) in [5.74, 6) is 0. The van der Waals surface area contributed by atoms with E-state index in [1.807, 2.05) is 31.2 Å². The molecule has 2 aromatic rings. The number of aromatic nitrogens is 2. The second-order valence-corrected chi connectivity index (χ2v) is 4.05. The number of hydrogen-bond acceptors (Lipinski definition) is 2. The number of halogens is 1. The molecule has 1 aromatic carbocycles. The summed E-state index contributed by atoms with van der Waals surface area (Å²) < 4.78 is 2.72. The van der Waals surface area contributed by atoms with E-state index in [0.717, 1.165) is 10.2 Å². The van der Waals surface area contributed by atoms with Gasteiger partial charge in [0.1, 0.15) is 6.07 Å². The van der Waals surface area contributed by atoms with Crippen LogP contribution in [0, 0.1) is 18.3 Å². The molecule has 3 nitrogen and oxygen atoms in total. The van der Waals surface area contributed by atoms with Crippen LogP contribution in [0.2, 0.25) is 0 Å². The van der Waals surface area contributed by atoms with Crippen LogP contribution in [-0.4, -0.2) is 9.78 Å². The summed E-state index contributed by atoms with van der Waals surface area (Å²) in [5, 5.41) is 12.8. The van der Waals surface area contributed by atoms with Crippen molar-refractivity contribution in [1.29, 1.82) is 5.26 Å². The minimum Gasteiger partial charge on any atom is -0.240 e. The quantitative estimate of drug-likeness (QED) is 0.792. The first kappa shape index (κ1) is 9.94. The standard InChI is InChI=1S/C11H8BrN3/c1-8-2-3-10(6-11(8)12)15-5-4-9(7-13)14-15/h2-6H,1H3. The highest BCUT2D eigenvalue weighted by Crippen LogP contribution is 2.19. The predicted molar refractivity (Wildman–Crippen MR) is 60.7 cm³/mol. The van der Waals surface area contributed by atoms with Gasteiger partial charge in [-0.3, -0.25) is 0 Å². The fourth-order valence-electron chi connectivity index (χ4n) is 1.25. The van der Waals surface area contributed by atoms with Crippen LogP contribution in [0.1, 0.15) is 11.3 Å². The van der Waals surface area contributed by atoms with E-state index in [1.165, 1.54) is 5.56 Å². The number of hydrogen-bond donors (Lipinski definition) is 0. The molecule has 0 saturated carbocycles. The summed E-state index contributed by atoms with van der Waals surface area (Å²) in [6, 6.07) is 9.64. The summed E-state index contributed by atoms with van der Waals surface area (Å²) >= 11 is 3.46. The monoisotopic (exact) mass is 261 g/mol. The van der Waals surface area contributed by atoms with Crippen LogP contribution in [0.4, 0.5) is 0 Å². The Labute approximate surface area is 96.1 Å². The molecule has 2 rings (SSSR count). The van der Waals surface area contributed by atoms with E-state index in [0.29, 0.717) is 5.69 Å². The van der Waals surface area contributed by atoms with E-state index in [2.05, 4.69) is 21.0 Å². The van der Waals surface area contributed by atoms with Crippen LogP contribution in [-0.2, 0) is 0 Å². The molecule has 0 amide bonds. The molecule has 0 radical (unpaired) electrons. The van der Waals surface area contributed by atoms with Crippen molar-refractivity contribution in [2.45, 2.75) is 6.92 Å². The van der Waals surface area contributed by atoms with Gasteiger partial charge in [-0.1, -0.05) is 22.0 Å². The van der Waals surface area contributed by atoms with E-state index in [1.54, 1.807) is 16.9 Å². The summed E-state index contributed by atoms with van der Waals surface area (Å²) in [4.78, 5) is 0. The molecule has 0 N–H and O–H groups in total. The zero-order valence-corrected chi connectivity index (χ0v) is 9.69. The molecule has 0 fully saturated rings. The molecule has 74 valence electrons. The predicted octanol–water partition coefficient (Wildman–Crippen LogP) is 2.81. The Bertz CT molecular complexity index is 537. The van der Waals surface area contributed by atoms with Crippen LogP contribution >= 0.6 is 15.9 Å². The van der Waals surface area contributed by atoms with Crippen LogP contribution in [0.25, 0.3) is 5.69 Å². The Kier molecular flexibility index (Phi) is 2.57. The molecule has 15 heavy (non-hydrogen) atoms. The van der Waals surface area contributed by atoms with Crippen LogP contribution < -0.4 is 0 Å². The maximum absolute atomic E-state index is 8.66. The lowest BCUT2D eigenvalue weighted by molar-refractivity contribution is 0.872. The van der Waals surface area contributed by atoms with Crippen molar-refractivity contribution in [2.75, 3.05) is 0 Å². The molecule has 0 saturated heterocycles. The van der Waals surface area contributed by atoms with E-state index >= 15 is 0 Å². The molecule has 0 aliphatic heterocycles. The van der Waals surface area contributed by atoms with Crippen molar-refractivity contribution >= 4 is 15.9 Å². The van der Waals surface area contributed by atoms with Gasteiger partial charge in [0.15, 0.2) is 5.69 Å². The summed E-state index contributed by atoms with van der Waals surface area (Å²) in [7, 11) is 0. The highest BCUT2D eigenvalue weighted by molar-refractivity contribution is 9.10. The number of aryl methyl sites for hydroxylation is 1. The SMILES string of the molecule is Cc1ccc(-n2ccc(C#N)n2)cc1Br. The Hall–Kier alpha value is -1.60. The normalized spacial score (nSPS) is 9.93. The van der Waals surface area contributed by atoms with Crippen molar-refractivity contribution < 1.29 is 0 Å². The van der Waals surface area contributed by atoms with Gasteiger partial charge in [-0.2, -0.15) is 10.4 Å². The first-order chi connectivity index (χ1) is 7.20. The lowest BCUT2D eigenvalue weighted by atomic mass is 10.2. The average Bonchev–Trinajstić information content (AvgIpc) is 2.70. The Balaban J connectivity index is 2.46. The topological polar surface area (TPSA) is 41.6 Å². The van der Waals surface area contributed by atoms with Crippen molar-refractivity contribution in [1.82, 2.24) is 9.78 Å². The summed E-state index contributed by atoms with van der Waals surface area (Å²) in [6.07, 6.45) is 1.77. The largest absolute Gasteiger partial charge is 0.240 e. The number of benzene rings is 1. The fraction of sp³-hybridized carbons (Fsp3) is 0.0909. The molecular weight excluding hydrogens is 254 g/mol. The average molecular weight is 262 g/mol. The van der Waals surface area contributed by atoms with Gasteiger partial charge >= 0.3 is 0 Å². The second kappa shape index (κ2) is 3.87. The van der Waals surface area contributed by atoms with Gasteiger partial charge in [0.2, 0.25) is 0 Å². The second-order valence-electron chi connectivity index (χ2n) is 3.19. The summed E-state index contributed by atoms with van der Waals surface area (Å²) in [6.45, 7) is 2.03. The maximum Gasteiger partial charge on any atom is 0.162 e. The van der Waals surface area contributed by atoms with Crippen LogP contribution in [0.3, 0.4) is 0 Å². The van der Waals surface area contributed by atoms with Crippen molar-refractivity contribution in [3.63, 3.8) is 0 Å². The molecule has 1 heterocycles. The molecule has 0 bridgehead atoms.